The Labute approximate surface area is 140 Å². The van der Waals surface area contributed by atoms with E-state index in [0.29, 0.717) is 5.25 Å². The third-order valence-electron chi connectivity index (χ3n) is 0.192. The first-order valence-electron chi connectivity index (χ1n) is 2.26. The zero-order valence-corrected chi connectivity index (χ0v) is 16.9. The Balaban J connectivity index is -0.00000000972. The zero-order chi connectivity index (χ0) is 6.28. The van der Waals surface area contributed by atoms with E-state index < -0.39 is 0 Å². The van der Waals surface area contributed by atoms with Crippen LogP contribution in [0.3, 0.4) is 0 Å². The van der Waals surface area contributed by atoms with Gasteiger partial charge in [0.05, 0.1) is 0 Å². The second-order valence-corrected chi connectivity index (χ2v) is 2.86. The van der Waals surface area contributed by atoms with Crippen LogP contribution in [-0.2, 0) is 67.3 Å². The molecule has 3 radical (unpaired) electrons. The first-order valence-corrected chi connectivity index (χ1v) is 4.07. The van der Waals surface area contributed by atoms with E-state index in [-0.39, 0.29) is 86.8 Å². The van der Waals surface area contributed by atoms with Crippen LogP contribution >= 0.6 is 10.8 Å². The number of hydrogen-bond acceptors (Lipinski definition) is 2. The van der Waals surface area contributed by atoms with Gasteiger partial charge in [-0.2, -0.15) is 6.92 Å². The van der Waals surface area contributed by atoms with Crippen molar-refractivity contribution in [2.24, 2.45) is 0 Å². The molecule has 0 aromatic rings. The molecule has 6 heteroatoms. The molecule has 0 fully saturated rings. The largest absolute Gasteiger partial charge is 0.719 e. The van der Waals surface area contributed by atoms with Gasteiger partial charge in [0, 0.05) is 86.8 Å². The third kappa shape index (κ3) is 59.0. The summed E-state index contributed by atoms with van der Waals surface area (Å²) >= 11 is 4.59. The van der Waals surface area contributed by atoms with Crippen molar-refractivity contribution < 1.29 is 86.8 Å². The number of rotatable bonds is 1. The molecule has 0 unspecified atom stereocenters. The summed E-state index contributed by atoms with van der Waals surface area (Å²) in [5.74, 6) is 0. The van der Waals surface area contributed by atoms with Crippen LogP contribution < -0.4 is 0 Å². The molecule has 0 amide bonds. The van der Waals surface area contributed by atoms with Gasteiger partial charge < -0.3 is 29.4 Å². The minimum absolute atomic E-state index is 0. The molecule has 0 rings (SSSR count). The van der Waals surface area contributed by atoms with Gasteiger partial charge >= 0.3 is 0 Å². The van der Waals surface area contributed by atoms with Crippen molar-refractivity contribution >= 4 is 22.5 Å². The van der Waals surface area contributed by atoms with Crippen LogP contribution in [0.25, 0.3) is 0 Å². The molecule has 0 atom stereocenters. The fraction of sp³-hybridized carbons (Fsp3) is 0.800. The van der Waals surface area contributed by atoms with E-state index in [0.717, 1.165) is 0 Å². The average Bonchev–Trinajstić information content (AvgIpc) is 1.73. The van der Waals surface area contributed by atoms with Gasteiger partial charge in [-0.1, -0.05) is 13.8 Å². The van der Waals surface area contributed by atoms with Gasteiger partial charge in [-0.25, -0.2) is 0 Å². The van der Waals surface area contributed by atoms with Crippen molar-refractivity contribution in [1.82, 2.24) is 0 Å². The van der Waals surface area contributed by atoms with Crippen LogP contribution in [0.1, 0.15) is 20.8 Å². The van der Waals surface area contributed by atoms with Gasteiger partial charge in [0.25, 0.3) is 0 Å². The van der Waals surface area contributed by atoms with E-state index in [1.54, 1.807) is 6.92 Å². The molecule has 0 saturated carbocycles. The molecule has 11 heavy (non-hydrogen) atoms. The second-order valence-electron chi connectivity index (χ2n) is 1.14. The fourth-order valence-corrected chi connectivity index (χ4v) is 0. The third-order valence-corrected chi connectivity index (χ3v) is 1.73. The molecule has 0 aliphatic heterocycles. The molecule has 0 heterocycles. The minimum Gasteiger partial charge on any atom is -0.719 e. The summed E-state index contributed by atoms with van der Waals surface area (Å²) in [6.45, 7) is 9.16. The SMILES string of the molecule is CC(C)S[S-].[CH2-]C.[U].[V].[V].[V]. The van der Waals surface area contributed by atoms with Crippen LogP contribution in [0, 0.1) is 38.0 Å². The monoisotopic (exact) mass is 527 g/mol. The van der Waals surface area contributed by atoms with Gasteiger partial charge in [0.2, 0.25) is 0 Å². The van der Waals surface area contributed by atoms with Gasteiger partial charge in [0.1, 0.15) is 0 Å². The van der Waals surface area contributed by atoms with Crippen molar-refractivity contribution in [3.63, 3.8) is 0 Å². The maximum absolute atomic E-state index is 4.59. The molecular formula is C5H12S2UV3-2. The Kier molecular flexibility index (Phi) is 125. The maximum atomic E-state index is 4.59. The Hall–Kier alpha value is 3.51. The molecule has 0 aliphatic carbocycles. The second kappa shape index (κ2) is 37.5. The predicted octanol–water partition coefficient (Wildman–Crippen LogP) is 2.42. The average molecular weight is 527 g/mol. The summed E-state index contributed by atoms with van der Waals surface area (Å²) in [6, 6.07) is 0. The first kappa shape index (κ1) is 36.6. The predicted molar refractivity (Wildman–Crippen MR) is 41.1 cm³/mol. The van der Waals surface area contributed by atoms with Crippen molar-refractivity contribution in [3.05, 3.63) is 6.92 Å². The normalized spacial score (nSPS) is 4.91. The quantitative estimate of drug-likeness (QED) is 0.292. The van der Waals surface area contributed by atoms with E-state index in [1.807, 2.05) is 0 Å². The molecular weight excluding hydrogens is 515 g/mol. The smallest absolute Gasteiger partial charge is 0 e. The van der Waals surface area contributed by atoms with Crippen LogP contribution in [0.5, 0.6) is 0 Å². The van der Waals surface area contributed by atoms with E-state index in [4.69, 9.17) is 0 Å². The van der Waals surface area contributed by atoms with E-state index in [9.17, 15) is 0 Å². The van der Waals surface area contributed by atoms with Crippen molar-refractivity contribution in [2.45, 2.75) is 26.0 Å². The van der Waals surface area contributed by atoms with E-state index in [2.05, 4.69) is 32.4 Å². The van der Waals surface area contributed by atoms with Crippen molar-refractivity contribution in [2.75, 3.05) is 0 Å². The Bertz CT molecular complexity index is 33.7. The molecule has 0 N–H and O–H groups in total. The molecule has 0 aromatic heterocycles. The minimum atomic E-state index is 0. The molecule has 0 aromatic carbocycles. The summed E-state index contributed by atoms with van der Waals surface area (Å²) in [5.41, 5.74) is 0. The summed E-state index contributed by atoms with van der Waals surface area (Å²) in [7, 11) is 1.46. The van der Waals surface area contributed by atoms with Crippen LogP contribution in [0.15, 0.2) is 0 Å². The van der Waals surface area contributed by atoms with Crippen molar-refractivity contribution in [3.8, 4) is 0 Å². The van der Waals surface area contributed by atoms with Gasteiger partial charge in [-0.15, -0.1) is 0 Å². The van der Waals surface area contributed by atoms with Gasteiger partial charge in [-0.3, -0.25) is 0 Å². The Morgan fingerprint density at radius 3 is 1.18 bits per heavy atom. The van der Waals surface area contributed by atoms with Gasteiger partial charge in [-0.05, 0) is 5.25 Å². The van der Waals surface area contributed by atoms with Crippen LogP contribution in [0.2, 0.25) is 0 Å². The van der Waals surface area contributed by atoms with Crippen LogP contribution in [0.4, 0.5) is 0 Å². The summed E-state index contributed by atoms with van der Waals surface area (Å²) < 4.78 is 0. The molecule has 0 spiro atoms. The molecule has 0 nitrogen and oxygen atoms in total. The summed E-state index contributed by atoms with van der Waals surface area (Å²) in [4.78, 5) is 0. The molecule has 65 valence electrons. The fourth-order valence-electron chi connectivity index (χ4n) is 0. The van der Waals surface area contributed by atoms with E-state index in [1.165, 1.54) is 10.8 Å². The van der Waals surface area contributed by atoms with E-state index >= 15 is 0 Å². The zero-order valence-electron chi connectivity index (χ0n) is 6.94. The number of hydrogen-bond donors (Lipinski definition) is 0. The molecule has 0 saturated heterocycles. The maximum Gasteiger partial charge on any atom is 0 e. The standard InChI is InChI=1S/C3H8S2.C2H5.U.3V/c1-3(2)5-4;1-2;;;;/h3-4H,1-2H3;1H2,2H3;;;;/q;-1;;;;/p-1. The Morgan fingerprint density at radius 2 is 1.18 bits per heavy atom. The molecule has 0 aliphatic rings. The summed E-state index contributed by atoms with van der Waals surface area (Å²) in [6.07, 6.45) is 0. The Morgan fingerprint density at radius 1 is 1.09 bits per heavy atom. The summed E-state index contributed by atoms with van der Waals surface area (Å²) in [5, 5.41) is 0.616. The first-order chi connectivity index (χ1) is 3.27. The molecule has 0 bridgehead atoms. The van der Waals surface area contributed by atoms with Crippen molar-refractivity contribution in [1.29, 1.82) is 0 Å². The van der Waals surface area contributed by atoms with Crippen LogP contribution in [-0.4, -0.2) is 5.25 Å². The van der Waals surface area contributed by atoms with Gasteiger partial charge in [0.15, 0.2) is 0 Å². The topological polar surface area (TPSA) is 0 Å².